The van der Waals surface area contributed by atoms with Crippen molar-refractivity contribution >= 4 is 23.8 Å². The number of carbonyl (C=O) groups excluding carboxylic acids is 2. The Labute approximate surface area is 207 Å². The second-order valence-electron chi connectivity index (χ2n) is 10.3. The topological polar surface area (TPSA) is 80.2 Å². The summed E-state index contributed by atoms with van der Waals surface area (Å²) < 4.78 is 10.8. The molecule has 0 aromatic heterocycles. The summed E-state index contributed by atoms with van der Waals surface area (Å²) in [6.45, 7) is 8.65. The lowest BCUT2D eigenvalue weighted by Crippen LogP contribution is -2.32. The number of nitrogens with one attached hydrogen (secondary N) is 1. The van der Waals surface area contributed by atoms with E-state index in [1.54, 1.807) is 0 Å². The lowest BCUT2D eigenvalue weighted by molar-refractivity contribution is -0.156. The number of morpholine rings is 1. The third kappa shape index (κ3) is 7.39. The number of ether oxygens (including phenoxy) is 2. The third-order valence-corrected chi connectivity index (χ3v) is 6.20. The van der Waals surface area contributed by atoms with Gasteiger partial charge in [0.25, 0.3) is 5.91 Å². The number of aryl methyl sites for hydroxylation is 1. The first-order chi connectivity index (χ1) is 16.7. The quantitative estimate of drug-likeness (QED) is 0.491. The van der Waals surface area contributed by atoms with Gasteiger partial charge in [-0.25, -0.2) is 0 Å². The number of benzene rings is 2. The van der Waals surface area contributed by atoms with E-state index in [-0.39, 0.29) is 17.8 Å². The van der Waals surface area contributed by atoms with E-state index in [2.05, 4.69) is 16.5 Å². The van der Waals surface area contributed by atoms with Gasteiger partial charge in [0.15, 0.2) is 0 Å². The molecule has 0 spiro atoms. The Kier molecular flexibility index (Phi) is 7.86. The van der Waals surface area contributed by atoms with Crippen LogP contribution < -0.4 is 5.32 Å². The Balaban J connectivity index is 1.34. The highest BCUT2D eigenvalue weighted by Gasteiger charge is 2.24. The molecule has 35 heavy (non-hydrogen) atoms. The number of hydrazone groups is 1. The molecule has 7 nitrogen and oxygen atoms in total. The molecular weight excluding hydrogens is 442 g/mol. The van der Waals surface area contributed by atoms with Gasteiger partial charge in [-0.3, -0.25) is 14.6 Å². The van der Waals surface area contributed by atoms with Crippen molar-refractivity contribution in [1.82, 2.24) is 5.01 Å². The van der Waals surface area contributed by atoms with Crippen LogP contribution in [0.25, 0.3) is 0 Å². The van der Waals surface area contributed by atoms with Crippen molar-refractivity contribution in [1.29, 1.82) is 0 Å². The van der Waals surface area contributed by atoms with Crippen LogP contribution in [0, 0.1) is 5.92 Å². The van der Waals surface area contributed by atoms with Gasteiger partial charge in [0.1, 0.15) is 5.60 Å². The monoisotopic (exact) mass is 477 g/mol. The molecule has 1 unspecified atom stereocenters. The summed E-state index contributed by atoms with van der Waals surface area (Å²) in [7, 11) is 0. The Morgan fingerprint density at radius 1 is 1.11 bits per heavy atom. The lowest BCUT2D eigenvalue weighted by Gasteiger charge is -2.26. The zero-order chi connectivity index (χ0) is 24.8. The second-order valence-corrected chi connectivity index (χ2v) is 10.3. The molecule has 1 amide bonds. The normalized spacial score (nSPS) is 18.3. The molecule has 1 N–H and O–H groups in total. The Bertz CT molecular complexity index is 1070. The van der Waals surface area contributed by atoms with Crippen molar-refractivity contribution in [2.75, 3.05) is 31.6 Å². The molecule has 1 saturated heterocycles. The van der Waals surface area contributed by atoms with Crippen LogP contribution in [0.4, 0.5) is 5.69 Å². The molecule has 1 aliphatic heterocycles. The fraction of sp³-hybridized carbons (Fsp3) is 0.464. The van der Waals surface area contributed by atoms with Gasteiger partial charge in [-0.2, -0.15) is 5.10 Å². The van der Waals surface area contributed by atoms with E-state index in [4.69, 9.17) is 9.47 Å². The Morgan fingerprint density at radius 2 is 1.86 bits per heavy atom. The molecule has 4 rings (SSSR count). The molecule has 1 fully saturated rings. The summed E-state index contributed by atoms with van der Waals surface area (Å²) in [6.07, 6.45) is 4.96. The molecule has 1 heterocycles. The maximum absolute atomic E-state index is 12.8. The van der Waals surface area contributed by atoms with Crippen molar-refractivity contribution in [2.45, 2.75) is 52.1 Å². The van der Waals surface area contributed by atoms with Gasteiger partial charge < -0.3 is 14.8 Å². The molecule has 0 bridgehead atoms. The van der Waals surface area contributed by atoms with Gasteiger partial charge in [0.05, 0.1) is 32.5 Å². The number of hydrogen-bond acceptors (Lipinski definition) is 6. The van der Waals surface area contributed by atoms with E-state index < -0.39 is 5.60 Å². The minimum Gasteiger partial charge on any atom is -0.460 e. The predicted molar refractivity (Wildman–Crippen MR) is 137 cm³/mol. The summed E-state index contributed by atoms with van der Waals surface area (Å²) in [5.41, 5.74) is 4.32. The van der Waals surface area contributed by atoms with Crippen LogP contribution in [0.3, 0.4) is 0 Å². The number of esters is 1. The molecule has 1 atom stereocenters. The lowest BCUT2D eigenvalue weighted by atomic mass is 9.82. The minimum atomic E-state index is -0.463. The zero-order valence-electron chi connectivity index (χ0n) is 20.9. The Hall–Kier alpha value is -3.19. The van der Waals surface area contributed by atoms with Crippen LogP contribution in [0.15, 0.2) is 47.6 Å². The largest absolute Gasteiger partial charge is 0.460 e. The maximum Gasteiger partial charge on any atom is 0.306 e. The highest BCUT2D eigenvalue weighted by Crippen LogP contribution is 2.30. The van der Waals surface area contributed by atoms with Gasteiger partial charge in [0.2, 0.25) is 0 Å². The first-order valence-corrected chi connectivity index (χ1v) is 12.4. The van der Waals surface area contributed by atoms with Crippen molar-refractivity contribution in [3.8, 4) is 0 Å². The Morgan fingerprint density at radius 3 is 2.57 bits per heavy atom. The molecule has 2 aliphatic rings. The van der Waals surface area contributed by atoms with Crippen molar-refractivity contribution in [2.24, 2.45) is 11.0 Å². The number of fused-ring (bicyclic) bond motifs is 1. The highest BCUT2D eigenvalue weighted by atomic mass is 16.6. The van der Waals surface area contributed by atoms with Crippen LogP contribution in [0.5, 0.6) is 0 Å². The van der Waals surface area contributed by atoms with Crippen molar-refractivity contribution < 1.29 is 19.1 Å². The second kappa shape index (κ2) is 11.0. The van der Waals surface area contributed by atoms with Gasteiger partial charge >= 0.3 is 5.97 Å². The molecular formula is C28H35N3O4. The van der Waals surface area contributed by atoms with Crippen molar-refractivity contribution in [3.63, 3.8) is 0 Å². The summed E-state index contributed by atoms with van der Waals surface area (Å²) in [5, 5.41) is 9.47. The van der Waals surface area contributed by atoms with Gasteiger partial charge in [-0.1, -0.05) is 18.2 Å². The average Bonchev–Trinajstić information content (AvgIpc) is 2.82. The number of rotatable bonds is 6. The van der Waals surface area contributed by atoms with E-state index in [0.29, 0.717) is 25.2 Å². The molecule has 0 radical (unpaired) electrons. The first-order valence-electron chi connectivity index (χ1n) is 12.4. The summed E-state index contributed by atoms with van der Waals surface area (Å²) >= 11 is 0. The van der Waals surface area contributed by atoms with E-state index in [1.807, 2.05) is 68.4 Å². The summed E-state index contributed by atoms with van der Waals surface area (Å²) in [5.74, 6) is -0.0356. The molecule has 2 aromatic rings. The fourth-order valence-electron chi connectivity index (χ4n) is 4.44. The first kappa shape index (κ1) is 24.9. The summed E-state index contributed by atoms with van der Waals surface area (Å²) in [4.78, 5) is 25.1. The van der Waals surface area contributed by atoms with Crippen LogP contribution in [-0.2, 0) is 27.1 Å². The number of hydrogen-bond donors (Lipinski definition) is 1. The van der Waals surface area contributed by atoms with E-state index in [1.165, 1.54) is 11.1 Å². The van der Waals surface area contributed by atoms with E-state index in [0.717, 1.165) is 43.6 Å². The van der Waals surface area contributed by atoms with Gasteiger partial charge in [0, 0.05) is 17.7 Å². The standard InChI is InChI=1S/C28H35N3O4/c1-28(2,3)35-26(32)17-21-6-7-22-10-11-25(18-24(22)16-21)30-27(33)23-8-4-20(5-9-23)19-29-31-12-14-34-15-13-31/h4-5,8-11,18-19,21H,6-7,12-17H2,1-3H3,(H,30,33)/b29-19+. The number of amides is 1. The molecule has 186 valence electrons. The third-order valence-electron chi connectivity index (χ3n) is 6.20. The fourth-order valence-corrected chi connectivity index (χ4v) is 4.44. The van der Waals surface area contributed by atoms with Crippen LogP contribution in [0.1, 0.15) is 60.7 Å². The smallest absolute Gasteiger partial charge is 0.306 e. The average molecular weight is 478 g/mol. The minimum absolute atomic E-state index is 0.145. The molecule has 2 aromatic carbocycles. The highest BCUT2D eigenvalue weighted by molar-refractivity contribution is 6.04. The van der Waals surface area contributed by atoms with Crippen LogP contribution >= 0.6 is 0 Å². The molecule has 1 aliphatic carbocycles. The number of nitrogens with zero attached hydrogens (tertiary/aromatic N) is 2. The summed E-state index contributed by atoms with van der Waals surface area (Å²) in [6, 6.07) is 13.5. The van der Waals surface area contributed by atoms with E-state index in [9.17, 15) is 9.59 Å². The number of carbonyl (C=O) groups is 2. The van der Waals surface area contributed by atoms with Crippen LogP contribution in [0.2, 0.25) is 0 Å². The van der Waals surface area contributed by atoms with Gasteiger partial charge in [-0.15, -0.1) is 0 Å². The number of anilines is 1. The maximum atomic E-state index is 12.8. The molecule has 7 heteroatoms. The van der Waals surface area contributed by atoms with Gasteiger partial charge in [-0.05, 0) is 86.9 Å². The predicted octanol–water partition coefficient (Wildman–Crippen LogP) is 4.44. The van der Waals surface area contributed by atoms with Crippen molar-refractivity contribution in [3.05, 3.63) is 64.7 Å². The SMILES string of the molecule is CC(C)(C)OC(=O)CC1CCc2ccc(NC(=O)c3ccc(/C=N/N4CCOCC4)cc3)cc2C1. The zero-order valence-corrected chi connectivity index (χ0v) is 20.9. The van der Waals surface area contributed by atoms with E-state index >= 15 is 0 Å². The molecule has 0 saturated carbocycles. The van der Waals surface area contributed by atoms with Crippen LogP contribution in [-0.4, -0.2) is 55.0 Å².